The molecule has 2 aromatic carbocycles. The van der Waals surface area contributed by atoms with Crippen LogP contribution >= 0.6 is 11.3 Å². The van der Waals surface area contributed by atoms with Gasteiger partial charge in [0.05, 0.1) is 13.5 Å². The molecule has 2 N–H and O–H groups in total. The summed E-state index contributed by atoms with van der Waals surface area (Å²) in [4.78, 5) is 17.2. The van der Waals surface area contributed by atoms with Crippen molar-refractivity contribution in [3.05, 3.63) is 88.2 Å². The number of carbonyl (C=O) groups excluding carboxylic acids is 1. The highest BCUT2D eigenvalue weighted by Gasteiger charge is 2.20. The van der Waals surface area contributed by atoms with Gasteiger partial charge < -0.3 is 15.0 Å². The summed E-state index contributed by atoms with van der Waals surface area (Å²) in [5.74, 6) is 0.889. The molecule has 0 bridgehead atoms. The molecule has 2 aromatic heterocycles. The Labute approximate surface area is 168 Å². The molecule has 0 saturated heterocycles. The molecule has 142 valence electrons. The summed E-state index contributed by atoms with van der Waals surface area (Å²) in [6.45, 7) is 0.561. The molecule has 0 aliphatic heterocycles. The molecule has 1 amide bonds. The van der Waals surface area contributed by atoms with Crippen molar-refractivity contribution in [1.82, 2.24) is 10.3 Å². The second-order valence-corrected chi connectivity index (χ2v) is 7.67. The molecule has 4 aromatic rings. The lowest BCUT2D eigenvalue weighted by atomic mass is 9.96. The number of nitrogens with one attached hydrogen (secondary N) is 2. The Morgan fingerprint density at radius 2 is 2.04 bits per heavy atom. The number of aromatic nitrogens is 1. The number of benzene rings is 2. The number of carbonyl (C=O) groups is 1. The van der Waals surface area contributed by atoms with Crippen molar-refractivity contribution in [2.24, 2.45) is 0 Å². The van der Waals surface area contributed by atoms with E-state index in [-0.39, 0.29) is 11.8 Å². The lowest BCUT2D eigenvalue weighted by Gasteiger charge is -2.16. The van der Waals surface area contributed by atoms with E-state index in [1.165, 1.54) is 15.8 Å². The monoisotopic (exact) mass is 390 g/mol. The van der Waals surface area contributed by atoms with Crippen molar-refractivity contribution < 1.29 is 9.53 Å². The van der Waals surface area contributed by atoms with Crippen molar-refractivity contribution >= 4 is 28.1 Å². The molecule has 1 atom stereocenters. The van der Waals surface area contributed by atoms with Crippen LogP contribution in [0.2, 0.25) is 0 Å². The summed E-state index contributed by atoms with van der Waals surface area (Å²) in [6.07, 6.45) is 2.39. The predicted octanol–water partition coefficient (Wildman–Crippen LogP) is 4.73. The maximum atomic E-state index is 12.6. The standard InChI is InChI=1S/C23H22N2O2S/c1-27-17-7-4-6-16(12-17)13-23(26)25-15-20(22-10-5-11-28-22)19-14-24-21-9-3-2-8-18(19)21/h2-12,14,20,24H,13,15H2,1H3,(H,25,26). The molecule has 0 aliphatic carbocycles. The summed E-state index contributed by atoms with van der Waals surface area (Å²) >= 11 is 1.72. The molecule has 0 radical (unpaired) electrons. The van der Waals surface area contributed by atoms with E-state index in [0.717, 1.165) is 16.8 Å². The minimum atomic E-state index is 0.00894. The van der Waals surface area contributed by atoms with Crippen molar-refractivity contribution in [1.29, 1.82) is 0 Å². The number of para-hydroxylation sites is 1. The van der Waals surface area contributed by atoms with Crippen molar-refractivity contribution in [3.63, 3.8) is 0 Å². The summed E-state index contributed by atoms with van der Waals surface area (Å²) in [5.41, 5.74) is 3.26. The number of hydrogen-bond acceptors (Lipinski definition) is 3. The zero-order valence-corrected chi connectivity index (χ0v) is 16.5. The Morgan fingerprint density at radius 3 is 2.86 bits per heavy atom. The molecule has 2 heterocycles. The largest absolute Gasteiger partial charge is 0.497 e. The molecule has 0 aliphatic rings. The maximum absolute atomic E-state index is 12.6. The van der Waals surface area contributed by atoms with Gasteiger partial charge in [0.25, 0.3) is 0 Å². The van der Waals surface area contributed by atoms with Crippen LogP contribution in [0.4, 0.5) is 0 Å². The SMILES string of the molecule is COc1cccc(CC(=O)NCC(c2cccs2)c2c[nH]c3ccccc23)c1. The molecule has 5 heteroatoms. The topological polar surface area (TPSA) is 54.1 Å². The zero-order chi connectivity index (χ0) is 19.3. The number of methoxy groups -OCH3 is 1. The lowest BCUT2D eigenvalue weighted by Crippen LogP contribution is -2.29. The number of H-pyrrole nitrogens is 1. The number of ether oxygens (including phenoxy) is 1. The normalized spacial score (nSPS) is 12.0. The van der Waals surface area contributed by atoms with Gasteiger partial charge in [0.15, 0.2) is 0 Å². The highest BCUT2D eigenvalue weighted by Crippen LogP contribution is 2.32. The fraction of sp³-hybridized carbons (Fsp3) is 0.174. The molecule has 0 spiro atoms. The quantitative estimate of drug-likeness (QED) is 0.479. The van der Waals surface area contributed by atoms with E-state index in [1.54, 1.807) is 18.4 Å². The van der Waals surface area contributed by atoms with E-state index < -0.39 is 0 Å². The van der Waals surface area contributed by atoms with Crippen LogP contribution in [0.15, 0.2) is 72.2 Å². The van der Waals surface area contributed by atoms with Crippen LogP contribution in [0.25, 0.3) is 10.9 Å². The van der Waals surface area contributed by atoms with Crippen LogP contribution in [0.3, 0.4) is 0 Å². The minimum Gasteiger partial charge on any atom is -0.497 e. The summed E-state index contributed by atoms with van der Waals surface area (Å²) in [6, 6.07) is 20.1. The average molecular weight is 391 g/mol. The molecule has 0 fully saturated rings. The minimum absolute atomic E-state index is 0.00894. The summed E-state index contributed by atoms with van der Waals surface area (Å²) in [7, 11) is 1.63. The molecule has 4 nitrogen and oxygen atoms in total. The van der Waals surface area contributed by atoms with Gasteiger partial charge in [-0.05, 0) is 40.8 Å². The third-order valence-corrected chi connectivity index (χ3v) is 5.87. The first-order valence-electron chi connectivity index (χ1n) is 9.23. The maximum Gasteiger partial charge on any atom is 0.224 e. The number of hydrogen-bond donors (Lipinski definition) is 2. The van der Waals surface area contributed by atoms with Crippen LogP contribution in [0, 0.1) is 0 Å². The molecular weight excluding hydrogens is 368 g/mol. The van der Waals surface area contributed by atoms with Crippen LogP contribution in [0.1, 0.15) is 21.9 Å². The fourth-order valence-electron chi connectivity index (χ4n) is 3.48. The van der Waals surface area contributed by atoms with Gasteiger partial charge in [-0.2, -0.15) is 0 Å². The van der Waals surface area contributed by atoms with Crippen molar-refractivity contribution in [2.45, 2.75) is 12.3 Å². The smallest absolute Gasteiger partial charge is 0.224 e. The van der Waals surface area contributed by atoms with Gasteiger partial charge in [-0.15, -0.1) is 11.3 Å². The second-order valence-electron chi connectivity index (χ2n) is 6.69. The molecule has 1 unspecified atom stereocenters. The van der Waals surface area contributed by atoms with Gasteiger partial charge in [0.1, 0.15) is 5.75 Å². The molecule has 0 saturated carbocycles. The van der Waals surface area contributed by atoms with Crippen molar-refractivity contribution in [3.8, 4) is 5.75 Å². The van der Waals surface area contributed by atoms with E-state index in [2.05, 4.69) is 46.1 Å². The van der Waals surface area contributed by atoms with E-state index in [9.17, 15) is 4.79 Å². The highest BCUT2D eigenvalue weighted by molar-refractivity contribution is 7.10. The third-order valence-electron chi connectivity index (χ3n) is 4.89. The van der Waals surface area contributed by atoms with Gasteiger partial charge >= 0.3 is 0 Å². The van der Waals surface area contributed by atoms with Gasteiger partial charge in [-0.1, -0.05) is 36.4 Å². The summed E-state index contributed by atoms with van der Waals surface area (Å²) in [5, 5.41) is 6.40. The average Bonchev–Trinajstić information content (AvgIpc) is 3.39. The first kappa shape index (κ1) is 18.3. The van der Waals surface area contributed by atoms with Gasteiger partial charge in [0.2, 0.25) is 5.91 Å². The van der Waals surface area contributed by atoms with Gasteiger partial charge in [-0.3, -0.25) is 4.79 Å². The van der Waals surface area contributed by atoms with Crippen LogP contribution in [0.5, 0.6) is 5.75 Å². The number of rotatable bonds is 7. The summed E-state index contributed by atoms with van der Waals surface area (Å²) < 4.78 is 5.24. The predicted molar refractivity (Wildman–Crippen MR) is 114 cm³/mol. The Bertz CT molecular complexity index is 1070. The highest BCUT2D eigenvalue weighted by atomic mass is 32.1. The van der Waals surface area contributed by atoms with E-state index >= 15 is 0 Å². The lowest BCUT2D eigenvalue weighted by molar-refractivity contribution is -0.120. The Balaban J connectivity index is 1.51. The molecule has 28 heavy (non-hydrogen) atoms. The molecule has 4 rings (SSSR count). The number of amides is 1. The Hall–Kier alpha value is -3.05. The fourth-order valence-corrected chi connectivity index (χ4v) is 4.33. The Morgan fingerprint density at radius 1 is 1.14 bits per heavy atom. The number of fused-ring (bicyclic) bond motifs is 1. The van der Waals surface area contributed by atoms with Crippen LogP contribution in [-0.4, -0.2) is 24.5 Å². The third kappa shape index (κ3) is 3.94. The second kappa shape index (κ2) is 8.31. The van der Waals surface area contributed by atoms with E-state index in [0.29, 0.717) is 13.0 Å². The Kier molecular flexibility index (Phi) is 5.44. The van der Waals surface area contributed by atoms with Crippen LogP contribution in [-0.2, 0) is 11.2 Å². The first-order chi connectivity index (χ1) is 13.7. The van der Waals surface area contributed by atoms with E-state index in [1.807, 2.05) is 36.4 Å². The van der Waals surface area contributed by atoms with Crippen molar-refractivity contribution in [2.75, 3.05) is 13.7 Å². The van der Waals surface area contributed by atoms with Gasteiger partial charge in [0, 0.05) is 34.4 Å². The number of aromatic amines is 1. The number of thiophene rings is 1. The molecular formula is C23H22N2O2S. The zero-order valence-electron chi connectivity index (χ0n) is 15.6. The first-order valence-corrected chi connectivity index (χ1v) is 10.1. The van der Waals surface area contributed by atoms with Gasteiger partial charge in [-0.25, -0.2) is 0 Å². The van der Waals surface area contributed by atoms with E-state index in [4.69, 9.17) is 4.74 Å². The van der Waals surface area contributed by atoms with Crippen LogP contribution < -0.4 is 10.1 Å².